The Hall–Kier alpha value is -8.43. The maximum absolute atomic E-state index is 12.4. The molecule has 0 fully saturated rings. The molecule has 0 atom stereocenters. The van der Waals surface area contributed by atoms with Crippen LogP contribution in [0.3, 0.4) is 0 Å². The van der Waals surface area contributed by atoms with Crippen LogP contribution < -0.4 is 16.6 Å². The lowest BCUT2D eigenvalue weighted by atomic mass is 9.97. The summed E-state index contributed by atoms with van der Waals surface area (Å²) in [6.45, 7) is 0. The number of rotatable bonds is 8. The van der Waals surface area contributed by atoms with Gasteiger partial charge in [0.1, 0.15) is 24.5 Å². The lowest BCUT2D eigenvalue weighted by Gasteiger charge is -2.09. The van der Waals surface area contributed by atoms with Crippen molar-refractivity contribution in [2.24, 2.45) is 0 Å². The third kappa shape index (κ3) is 14.1. The van der Waals surface area contributed by atoms with E-state index in [0.29, 0.717) is 39.2 Å². The Bertz CT molecular complexity index is 2790. The van der Waals surface area contributed by atoms with Gasteiger partial charge >= 0.3 is 0 Å². The number of carbonyl (C=O) groups excluding carboxylic acids is 4. The first-order chi connectivity index (χ1) is 29.1. The molecule has 1 aromatic heterocycles. The molecule has 0 aliphatic carbocycles. The Morgan fingerprint density at radius 1 is 0.597 bits per heavy atom. The van der Waals surface area contributed by atoms with Crippen LogP contribution in [0.15, 0.2) is 169 Å². The van der Waals surface area contributed by atoms with Gasteiger partial charge in [-0.25, -0.2) is 0 Å². The monoisotopic (exact) mass is 842 g/mol. The molecule has 4 N–H and O–H groups in total. The zero-order valence-electron chi connectivity index (χ0n) is 31.8. The average molecular weight is 843 g/mol. The SMILES string of the molecule is C.C.N#CCC(=O)Cl.N#CCC(=O)Nc1ccccc1C(=O)c1ccccc1.N#Cc1c(-c2ccccc2)c2ccccc2[nH]c1=O.Nc1ccccc1C(=O)c1ccccc1. The van der Waals surface area contributed by atoms with Gasteiger partial charge in [0, 0.05) is 44.4 Å². The Kier molecular flexibility index (Phi) is 20.7. The van der Waals surface area contributed by atoms with E-state index in [9.17, 15) is 29.2 Å². The van der Waals surface area contributed by atoms with Crippen molar-refractivity contribution in [1.29, 1.82) is 15.8 Å². The molecule has 310 valence electrons. The molecule has 0 aliphatic rings. The fourth-order valence-corrected chi connectivity index (χ4v) is 5.63. The first kappa shape index (κ1) is 49.7. The predicted molar refractivity (Wildman–Crippen MR) is 245 cm³/mol. The van der Waals surface area contributed by atoms with Gasteiger partial charge in [0.25, 0.3) is 5.56 Å². The number of halogens is 1. The maximum atomic E-state index is 12.4. The zero-order chi connectivity index (χ0) is 43.3. The largest absolute Gasteiger partial charge is 0.398 e. The Labute approximate surface area is 365 Å². The number of ketones is 2. The molecule has 0 aliphatic heterocycles. The van der Waals surface area contributed by atoms with Crippen molar-refractivity contribution < 1.29 is 19.2 Å². The molecule has 0 radical (unpaired) electrons. The lowest BCUT2D eigenvalue weighted by molar-refractivity contribution is -0.115. The first-order valence-corrected chi connectivity index (χ1v) is 18.4. The molecule has 0 saturated carbocycles. The number of aromatic amines is 1. The molecular weight excluding hydrogens is 800 g/mol. The van der Waals surface area contributed by atoms with E-state index in [4.69, 9.17) is 27.9 Å². The van der Waals surface area contributed by atoms with Gasteiger partial charge in [-0.15, -0.1) is 0 Å². The number of pyridine rings is 1. The summed E-state index contributed by atoms with van der Waals surface area (Å²) in [4.78, 5) is 60.2. The van der Waals surface area contributed by atoms with E-state index in [0.717, 1.165) is 16.5 Å². The van der Waals surface area contributed by atoms with Crippen LogP contribution in [0.4, 0.5) is 11.4 Å². The zero-order valence-corrected chi connectivity index (χ0v) is 32.6. The number of aromatic nitrogens is 1. The number of para-hydroxylation sites is 3. The fraction of sp³-hybridized carbons (Fsp3) is 0.0800. The molecule has 1 heterocycles. The van der Waals surface area contributed by atoms with Crippen molar-refractivity contribution in [3.05, 3.63) is 202 Å². The van der Waals surface area contributed by atoms with Crippen LogP contribution in [0.25, 0.3) is 22.0 Å². The van der Waals surface area contributed by atoms with Gasteiger partial charge in [-0.05, 0) is 47.5 Å². The van der Waals surface area contributed by atoms with E-state index in [1.807, 2.05) is 97.1 Å². The average Bonchev–Trinajstić information content (AvgIpc) is 3.27. The molecule has 0 bridgehead atoms. The molecule has 6 aromatic carbocycles. The lowest BCUT2D eigenvalue weighted by Crippen LogP contribution is -2.14. The number of benzene rings is 6. The van der Waals surface area contributed by atoms with Gasteiger partial charge in [-0.2, -0.15) is 15.8 Å². The van der Waals surface area contributed by atoms with Crippen molar-refractivity contribution in [2.75, 3.05) is 11.1 Å². The molecule has 62 heavy (non-hydrogen) atoms. The molecule has 1 amide bonds. The van der Waals surface area contributed by atoms with Crippen LogP contribution >= 0.6 is 11.6 Å². The van der Waals surface area contributed by atoms with Crippen LogP contribution in [0, 0.1) is 34.0 Å². The Morgan fingerprint density at radius 3 is 1.58 bits per heavy atom. The highest BCUT2D eigenvalue weighted by Crippen LogP contribution is 2.29. The summed E-state index contributed by atoms with van der Waals surface area (Å²) in [5.74, 6) is -0.632. The molecule has 12 heteroatoms. The number of nitrogen functional groups attached to an aromatic ring is 1. The van der Waals surface area contributed by atoms with Crippen molar-refractivity contribution >= 4 is 56.6 Å². The highest BCUT2D eigenvalue weighted by Gasteiger charge is 2.15. The van der Waals surface area contributed by atoms with Crippen LogP contribution in [0.5, 0.6) is 0 Å². The van der Waals surface area contributed by atoms with E-state index in [-0.39, 0.29) is 50.4 Å². The summed E-state index contributed by atoms with van der Waals surface area (Å²) in [7, 11) is 0. The maximum Gasteiger partial charge on any atom is 0.266 e. The van der Waals surface area contributed by atoms with Gasteiger partial charge in [0.2, 0.25) is 11.1 Å². The van der Waals surface area contributed by atoms with Crippen molar-refractivity contribution in [2.45, 2.75) is 27.7 Å². The second-order valence-corrected chi connectivity index (χ2v) is 12.7. The second-order valence-electron chi connectivity index (χ2n) is 12.3. The van der Waals surface area contributed by atoms with Crippen molar-refractivity contribution in [3.8, 4) is 29.3 Å². The summed E-state index contributed by atoms with van der Waals surface area (Å²) >= 11 is 4.72. The number of nitriles is 3. The minimum absolute atomic E-state index is 0. The molecular formula is C50H43ClN6O5. The topological polar surface area (TPSA) is 211 Å². The quantitative estimate of drug-likeness (QED) is 0.0753. The Morgan fingerprint density at radius 2 is 1.06 bits per heavy atom. The Balaban J connectivity index is 0.000000298. The second kappa shape index (κ2) is 25.8. The van der Waals surface area contributed by atoms with E-state index in [2.05, 4.69) is 10.3 Å². The fourth-order valence-electron chi connectivity index (χ4n) is 5.57. The highest BCUT2D eigenvalue weighted by molar-refractivity contribution is 6.63. The number of hydrogen-bond acceptors (Lipinski definition) is 9. The smallest absolute Gasteiger partial charge is 0.266 e. The minimum Gasteiger partial charge on any atom is -0.398 e. The van der Waals surface area contributed by atoms with Gasteiger partial charge in [-0.3, -0.25) is 24.0 Å². The molecule has 7 rings (SSSR count). The summed E-state index contributed by atoms with van der Waals surface area (Å²) in [5, 5.41) is 28.3. The minimum atomic E-state index is -0.600. The van der Waals surface area contributed by atoms with Crippen LogP contribution in [-0.4, -0.2) is 27.7 Å². The molecule has 0 unspecified atom stereocenters. The summed E-state index contributed by atoms with van der Waals surface area (Å²) in [6.07, 6.45) is -0.435. The molecule has 7 aromatic rings. The number of nitrogens with zero attached hydrogens (tertiary/aromatic N) is 3. The van der Waals surface area contributed by atoms with E-state index < -0.39 is 11.1 Å². The number of hydrogen-bond donors (Lipinski definition) is 3. The summed E-state index contributed by atoms with van der Waals surface area (Å²) in [5.41, 5.74) is 11.0. The van der Waals surface area contributed by atoms with Gasteiger partial charge < -0.3 is 16.0 Å². The van der Waals surface area contributed by atoms with Crippen LogP contribution in [-0.2, 0) is 9.59 Å². The molecule has 0 spiro atoms. The normalized spacial score (nSPS) is 9.26. The number of amides is 1. The number of nitrogens with one attached hydrogen (secondary N) is 2. The molecule has 11 nitrogen and oxygen atoms in total. The predicted octanol–water partition coefficient (Wildman–Crippen LogP) is 10.3. The number of anilines is 2. The van der Waals surface area contributed by atoms with Crippen molar-refractivity contribution in [1.82, 2.24) is 4.98 Å². The summed E-state index contributed by atoms with van der Waals surface area (Å²) < 4.78 is 0. The number of carbonyl (C=O) groups is 4. The number of nitrogens with two attached hydrogens (primary N) is 1. The first-order valence-electron chi connectivity index (χ1n) is 18.0. The van der Waals surface area contributed by atoms with Gasteiger partial charge in [0.05, 0.1) is 17.8 Å². The van der Waals surface area contributed by atoms with E-state index in [1.165, 1.54) is 0 Å². The van der Waals surface area contributed by atoms with E-state index >= 15 is 0 Å². The number of H-pyrrole nitrogens is 1. The third-order valence-electron chi connectivity index (χ3n) is 8.28. The van der Waals surface area contributed by atoms with Gasteiger partial charge in [-0.1, -0.05) is 148 Å². The molecule has 0 saturated heterocycles. The van der Waals surface area contributed by atoms with Gasteiger partial charge in [0.15, 0.2) is 11.6 Å². The van der Waals surface area contributed by atoms with Crippen molar-refractivity contribution in [3.63, 3.8) is 0 Å². The summed E-state index contributed by atoms with van der Waals surface area (Å²) in [6, 6.07) is 54.2. The highest BCUT2D eigenvalue weighted by atomic mass is 35.5. The van der Waals surface area contributed by atoms with Crippen LogP contribution in [0.1, 0.15) is 65.1 Å². The standard InChI is InChI=1S/C16H12N2O2.C16H10N2O.C13H11NO.C3H2ClNO.2CH4/c17-11-10-15(19)18-14-9-5-4-8-13(14)16(20)12-6-2-1-3-7-12;17-10-13-15(11-6-2-1-3-7-11)12-8-4-5-9-14(12)18-16(13)19;14-12-9-5-4-8-11(12)13(15)10-6-2-1-3-7-10;4-3(6)1-2-5;;/h1-9H,10H2,(H,18,19);1-9H,(H,18,19);1-9H,14H2;1H2;2*1H4. The third-order valence-corrected chi connectivity index (χ3v) is 8.41. The van der Waals surface area contributed by atoms with E-state index in [1.54, 1.807) is 84.9 Å². The number of fused-ring (bicyclic) bond motifs is 1. The van der Waals surface area contributed by atoms with Crippen LogP contribution in [0.2, 0.25) is 0 Å².